The Morgan fingerprint density at radius 1 is 1.32 bits per heavy atom. The Kier molecular flexibility index (Phi) is 4.44. The van der Waals surface area contributed by atoms with Crippen molar-refractivity contribution in [3.63, 3.8) is 0 Å². The third kappa shape index (κ3) is 3.25. The molecule has 1 aliphatic heterocycles. The summed E-state index contributed by atoms with van der Waals surface area (Å²) in [5.41, 5.74) is 0. The van der Waals surface area contributed by atoms with E-state index in [0.717, 1.165) is 12.8 Å². The fourth-order valence-electron chi connectivity index (χ4n) is 1.98. The summed E-state index contributed by atoms with van der Waals surface area (Å²) < 4.78 is 35.0. The molecule has 0 atom stereocenters. The molecule has 0 aromatic rings. The van der Waals surface area contributed by atoms with Gasteiger partial charge in [-0.15, -0.1) is 0 Å². The van der Waals surface area contributed by atoms with Crippen LogP contribution in [-0.4, -0.2) is 64.0 Å². The van der Waals surface area contributed by atoms with Crippen LogP contribution in [0.15, 0.2) is 0 Å². The number of nitrogens with one attached hydrogen (secondary N) is 1. The van der Waals surface area contributed by atoms with Crippen molar-refractivity contribution >= 4 is 15.9 Å². The predicted octanol–water partition coefficient (Wildman–Crippen LogP) is -0.854. The number of hydrogen-bond donors (Lipinski definition) is 1. The largest absolute Gasteiger partial charge is 0.354 e. The molecule has 0 spiro atoms. The molecule has 19 heavy (non-hydrogen) atoms. The zero-order valence-corrected chi connectivity index (χ0v) is 12.0. The summed E-state index contributed by atoms with van der Waals surface area (Å²) in [6, 6.07) is 0. The summed E-state index contributed by atoms with van der Waals surface area (Å²) in [5, 5.41) is 2.49. The quantitative estimate of drug-likeness (QED) is 0.618. The van der Waals surface area contributed by atoms with Crippen LogP contribution in [0.5, 0.6) is 0 Å². The highest BCUT2D eigenvalue weighted by Crippen LogP contribution is 2.34. The number of carbonyl (C=O) groups excluding carboxylic acids is 1. The molecule has 1 aliphatic carbocycles. The molecular weight excluding hydrogens is 272 g/mol. The molecule has 0 unspecified atom stereocenters. The molecule has 2 aliphatic rings. The fraction of sp³-hybridized carbons (Fsp3) is 0.909. The zero-order chi connectivity index (χ0) is 14.0. The van der Waals surface area contributed by atoms with Crippen LogP contribution in [0.4, 0.5) is 0 Å². The molecule has 0 aromatic heterocycles. The second-order valence-corrected chi connectivity index (χ2v) is 7.12. The van der Waals surface area contributed by atoms with Gasteiger partial charge in [-0.25, -0.2) is 8.42 Å². The summed E-state index contributed by atoms with van der Waals surface area (Å²) in [4.78, 5) is 11.8. The minimum absolute atomic E-state index is 0.152. The van der Waals surface area contributed by atoms with E-state index >= 15 is 0 Å². The lowest BCUT2D eigenvalue weighted by Crippen LogP contribution is -2.56. The maximum atomic E-state index is 11.9. The van der Waals surface area contributed by atoms with Gasteiger partial charge in [-0.05, 0) is 12.8 Å². The second kappa shape index (κ2) is 5.74. The topological polar surface area (TPSA) is 84.9 Å². The van der Waals surface area contributed by atoms with Crippen molar-refractivity contribution in [3.05, 3.63) is 0 Å². The van der Waals surface area contributed by atoms with Crippen molar-refractivity contribution in [1.82, 2.24) is 9.62 Å². The molecular formula is C11H20N2O5S. The Bertz CT molecular complexity index is 424. The Labute approximate surface area is 113 Å². The first kappa shape index (κ1) is 14.7. The van der Waals surface area contributed by atoms with E-state index in [0.29, 0.717) is 0 Å². The molecule has 2 fully saturated rings. The molecule has 1 N–H and O–H groups in total. The summed E-state index contributed by atoms with van der Waals surface area (Å²) in [7, 11) is -0.145. The molecule has 1 saturated carbocycles. The number of carbonyl (C=O) groups is 1. The van der Waals surface area contributed by atoms with Gasteiger partial charge in [0, 0.05) is 27.3 Å². The van der Waals surface area contributed by atoms with Gasteiger partial charge in [0.2, 0.25) is 15.9 Å². The van der Waals surface area contributed by atoms with Crippen molar-refractivity contribution in [2.45, 2.75) is 24.4 Å². The van der Waals surface area contributed by atoms with Crippen LogP contribution in [0.25, 0.3) is 0 Å². The summed E-state index contributed by atoms with van der Waals surface area (Å²) >= 11 is 0. The van der Waals surface area contributed by atoms with Crippen LogP contribution in [0.1, 0.15) is 12.8 Å². The monoisotopic (exact) mass is 292 g/mol. The van der Waals surface area contributed by atoms with Gasteiger partial charge in [-0.2, -0.15) is 4.31 Å². The first-order chi connectivity index (χ1) is 8.98. The Morgan fingerprint density at radius 2 is 1.89 bits per heavy atom. The lowest BCUT2D eigenvalue weighted by molar-refractivity contribution is -0.133. The Morgan fingerprint density at radius 3 is 2.37 bits per heavy atom. The van der Waals surface area contributed by atoms with E-state index in [1.165, 1.54) is 18.5 Å². The fourth-order valence-corrected chi connectivity index (χ4v) is 3.91. The smallest absolute Gasteiger partial charge is 0.225 e. The average Bonchev–Trinajstić information content (AvgIpc) is 3.11. The zero-order valence-electron chi connectivity index (χ0n) is 11.2. The standard InChI is InChI=1S/C11H20N2O5S/c1-17-10(18-2)5-12-11(14)8-6-13(7-8)19(15,16)9-3-4-9/h8-10H,3-7H2,1-2H3,(H,12,14). The summed E-state index contributed by atoms with van der Waals surface area (Å²) in [6.45, 7) is 0.836. The van der Waals surface area contributed by atoms with E-state index in [9.17, 15) is 13.2 Å². The minimum Gasteiger partial charge on any atom is -0.354 e. The highest BCUT2D eigenvalue weighted by atomic mass is 32.2. The van der Waals surface area contributed by atoms with Gasteiger partial charge in [0.15, 0.2) is 6.29 Å². The van der Waals surface area contributed by atoms with Gasteiger partial charge in [-0.3, -0.25) is 4.79 Å². The number of nitrogens with zero attached hydrogens (tertiary/aromatic N) is 1. The third-order valence-corrected chi connectivity index (χ3v) is 5.82. The maximum absolute atomic E-state index is 11.9. The molecule has 1 heterocycles. The van der Waals surface area contributed by atoms with E-state index in [4.69, 9.17) is 9.47 Å². The van der Waals surface area contributed by atoms with Gasteiger partial charge < -0.3 is 14.8 Å². The molecule has 1 amide bonds. The van der Waals surface area contributed by atoms with E-state index in [2.05, 4.69) is 5.32 Å². The molecule has 1 saturated heterocycles. The number of hydrogen-bond acceptors (Lipinski definition) is 5. The molecule has 0 bridgehead atoms. The Balaban J connectivity index is 1.73. The second-order valence-electron chi connectivity index (χ2n) is 4.90. The van der Waals surface area contributed by atoms with E-state index in [-0.39, 0.29) is 36.7 Å². The first-order valence-corrected chi connectivity index (χ1v) is 7.81. The predicted molar refractivity (Wildman–Crippen MR) is 67.8 cm³/mol. The van der Waals surface area contributed by atoms with Gasteiger partial charge >= 0.3 is 0 Å². The minimum atomic E-state index is -3.13. The number of ether oxygens (including phenoxy) is 2. The normalized spacial score (nSPS) is 21.4. The maximum Gasteiger partial charge on any atom is 0.225 e. The SMILES string of the molecule is COC(CNC(=O)C1CN(S(=O)(=O)C2CC2)C1)OC. The molecule has 0 aromatic carbocycles. The van der Waals surface area contributed by atoms with E-state index < -0.39 is 16.3 Å². The van der Waals surface area contributed by atoms with Crippen LogP contribution in [0.3, 0.4) is 0 Å². The van der Waals surface area contributed by atoms with Crippen molar-refractivity contribution in [3.8, 4) is 0 Å². The first-order valence-electron chi connectivity index (χ1n) is 6.31. The van der Waals surface area contributed by atoms with Gasteiger partial charge in [0.1, 0.15) is 0 Å². The van der Waals surface area contributed by atoms with Crippen LogP contribution >= 0.6 is 0 Å². The molecule has 8 heteroatoms. The number of rotatable bonds is 7. The molecule has 7 nitrogen and oxygen atoms in total. The molecule has 0 radical (unpaired) electrons. The average molecular weight is 292 g/mol. The summed E-state index contributed by atoms with van der Waals surface area (Å²) in [5.74, 6) is -0.413. The van der Waals surface area contributed by atoms with Crippen LogP contribution in [0.2, 0.25) is 0 Å². The highest BCUT2D eigenvalue weighted by molar-refractivity contribution is 7.90. The van der Waals surface area contributed by atoms with E-state index in [1.807, 2.05) is 0 Å². The number of sulfonamides is 1. The lowest BCUT2D eigenvalue weighted by Gasteiger charge is -2.37. The van der Waals surface area contributed by atoms with Gasteiger partial charge in [0.25, 0.3) is 0 Å². The van der Waals surface area contributed by atoms with E-state index in [1.54, 1.807) is 0 Å². The van der Waals surface area contributed by atoms with Gasteiger partial charge in [-0.1, -0.05) is 0 Å². The molecule has 110 valence electrons. The molecule has 2 rings (SSSR count). The third-order valence-electron chi connectivity index (χ3n) is 3.49. The summed E-state index contributed by atoms with van der Waals surface area (Å²) in [6.07, 6.45) is 1.02. The lowest BCUT2D eigenvalue weighted by atomic mass is 10.0. The highest BCUT2D eigenvalue weighted by Gasteiger charge is 2.46. The van der Waals surface area contributed by atoms with Gasteiger partial charge in [0.05, 0.1) is 17.7 Å². The number of methoxy groups -OCH3 is 2. The van der Waals surface area contributed by atoms with Crippen molar-refractivity contribution < 1.29 is 22.7 Å². The van der Waals surface area contributed by atoms with Crippen LogP contribution < -0.4 is 5.32 Å². The van der Waals surface area contributed by atoms with Crippen molar-refractivity contribution in [1.29, 1.82) is 0 Å². The van der Waals surface area contributed by atoms with Crippen LogP contribution in [0, 0.1) is 5.92 Å². The number of amides is 1. The van der Waals surface area contributed by atoms with Crippen molar-refractivity contribution in [2.24, 2.45) is 5.92 Å². The Hall–Kier alpha value is -0.700. The van der Waals surface area contributed by atoms with Crippen LogP contribution in [-0.2, 0) is 24.3 Å². The van der Waals surface area contributed by atoms with Crippen molar-refractivity contribution in [2.75, 3.05) is 33.9 Å².